The van der Waals surface area contributed by atoms with Gasteiger partial charge in [0.05, 0.1) is 49.5 Å². The summed E-state index contributed by atoms with van der Waals surface area (Å²) < 4.78 is 65.8. The number of nitrogens with zero attached hydrogens (tertiary/aromatic N) is 2. The summed E-state index contributed by atoms with van der Waals surface area (Å²) in [5.41, 5.74) is 4.29. The number of amides is 2. The van der Waals surface area contributed by atoms with E-state index >= 15 is 0 Å². The van der Waals surface area contributed by atoms with Crippen LogP contribution in [0.3, 0.4) is 0 Å². The average Bonchev–Trinajstić information content (AvgIpc) is 3.21. The first-order chi connectivity index (χ1) is 29.7. The lowest BCUT2D eigenvalue weighted by atomic mass is 9.91. The summed E-state index contributed by atoms with van der Waals surface area (Å²) >= 11 is 0. The molecular formula is C45H64N5O11S2+. The van der Waals surface area contributed by atoms with Gasteiger partial charge in [-0.2, -0.15) is 8.42 Å². The summed E-state index contributed by atoms with van der Waals surface area (Å²) in [5.74, 6) is -2.32. The van der Waals surface area contributed by atoms with Gasteiger partial charge in [0.2, 0.25) is 15.9 Å². The van der Waals surface area contributed by atoms with Crippen LogP contribution in [-0.4, -0.2) is 125 Å². The number of quaternary nitrogens is 1. The van der Waals surface area contributed by atoms with Crippen LogP contribution in [0.15, 0.2) is 71.3 Å². The lowest BCUT2D eigenvalue weighted by Gasteiger charge is -2.35. The van der Waals surface area contributed by atoms with E-state index < -0.39 is 32.1 Å². The Morgan fingerprint density at radius 2 is 1.41 bits per heavy atom. The molecule has 0 saturated heterocycles. The Bertz CT molecular complexity index is 2260. The molecule has 0 bridgehead atoms. The SMILES string of the molecule is CCCNS(=O)(=O)CCC/N=C1\C=CC=C\C1=C(/C(=O)Oc1c(C)cc(C(=O)NCCC[N+](C)(CCCNC(=O)CCCC(=O)O)CCCS(=O)(=O)O)cc1C)c1ccccc1C. The molecule has 5 N–H and O–H groups in total. The number of aryl methyl sites for hydroxylation is 3. The highest BCUT2D eigenvalue weighted by Crippen LogP contribution is 2.31. The fraction of sp³-hybridized carbons (Fsp3) is 0.489. The molecule has 0 aliphatic heterocycles. The number of nitrogens with one attached hydrogen (secondary N) is 3. The summed E-state index contributed by atoms with van der Waals surface area (Å²) in [5, 5.41) is 14.5. The number of ether oxygens (including phenoxy) is 1. The van der Waals surface area contributed by atoms with Crippen molar-refractivity contribution in [3.63, 3.8) is 0 Å². The van der Waals surface area contributed by atoms with Crippen molar-refractivity contribution < 1.29 is 54.9 Å². The number of aliphatic carboxylic acids is 1. The van der Waals surface area contributed by atoms with Gasteiger partial charge in [0.25, 0.3) is 16.0 Å². The molecule has 2 aromatic carbocycles. The zero-order chi connectivity index (χ0) is 46.6. The molecular weight excluding hydrogens is 851 g/mol. The Labute approximate surface area is 372 Å². The van der Waals surface area contributed by atoms with Gasteiger partial charge in [0.15, 0.2) is 0 Å². The third-order valence-corrected chi connectivity index (χ3v) is 12.7. The Hall–Kier alpha value is -5.01. The average molecular weight is 915 g/mol. The number of rotatable bonds is 27. The molecule has 0 fully saturated rings. The highest BCUT2D eigenvalue weighted by molar-refractivity contribution is 7.89. The molecule has 346 valence electrons. The number of allylic oxidation sites excluding steroid dienone is 5. The van der Waals surface area contributed by atoms with E-state index in [1.165, 1.54) is 0 Å². The van der Waals surface area contributed by atoms with Gasteiger partial charge in [-0.25, -0.2) is 17.9 Å². The summed E-state index contributed by atoms with van der Waals surface area (Å²) in [4.78, 5) is 55.2. The molecule has 16 nitrogen and oxygen atoms in total. The number of esters is 1. The molecule has 1 aliphatic rings. The van der Waals surface area contributed by atoms with Crippen molar-refractivity contribution in [2.24, 2.45) is 4.99 Å². The molecule has 18 heteroatoms. The molecule has 1 unspecified atom stereocenters. The Kier molecular flexibility index (Phi) is 21.0. The highest BCUT2D eigenvalue weighted by atomic mass is 32.2. The van der Waals surface area contributed by atoms with E-state index in [1.54, 1.807) is 50.3 Å². The Balaban J connectivity index is 1.72. The van der Waals surface area contributed by atoms with Crippen molar-refractivity contribution >= 4 is 55.2 Å². The van der Waals surface area contributed by atoms with E-state index in [1.807, 2.05) is 45.2 Å². The number of carboxylic acid groups (broad SMARTS) is 1. The first-order valence-electron chi connectivity index (χ1n) is 21.3. The van der Waals surface area contributed by atoms with Gasteiger partial charge in [-0.1, -0.05) is 49.4 Å². The van der Waals surface area contributed by atoms with Gasteiger partial charge in [-0.3, -0.25) is 23.9 Å². The largest absolute Gasteiger partial charge is 0.481 e. The van der Waals surface area contributed by atoms with Crippen molar-refractivity contribution in [3.05, 3.63) is 94.1 Å². The zero-order valence-corrected chi connectivity index (χ0v) is 38.7. The Morgan fingerprint density at radius 1 is 0.778 bits per heavy atom. The predicted molar refractivity (Wildman–Crippen MR) is 245 cm³/mol. The molecule has 63 heavy (non-hydrogen) atoms. The summed E-state index contributed by atoms with van der Waals surface area (Å²) in [7, 11) is -5.61. The van der Waals surface area contributed by atoms with Gasteiger partial charge in [-0.05, 0) is 80.5 Å². The molecule has 0 radical (unpaired) electrons. The number of carbonyl (C=O) groups is 4. The van der Waals surface area contributed by atoms with Crippen molar-refractivity contribution in [2.45, 2.75) is 79.1 Å². The fourth-order valence-corrected chi connectivity index (χ4v) is 8.78. The van der Waals surface area contributed by atoms with Crippen molar-refractivity contribution in [1.29, 1.82) is 0 Å². The van der Waals surface area contributed by atoms with E-state index in [4.69, 9.17) is 14.8 Å². The smallest absolute Gasteiger partial charge is 0.344 e. The monoisotopic (exact) mass is 914 g/mol. The fourth-order valence-electron chi connectivity index (χ4n) is 7.12. The summed E-state index contributed by atoms with van der Waals surface area (Å²) in [6.45, 7) is 10.1. The van der Waals surface area contributed by atoms with Gasteiger partial charge in [-0.15, -0.1) is 0 Å². The van der Waals surface area contributed by atoms with Gasteiger partial charge >= 0.3 is 11.9 Å². The molecule has 0 heterocycles. The minimum absolute atomic E-state index is 0.0763. The quantitative estimate of drug-likeness (QED) is 0.0203. The molecule has 3 rings (SSSR count). The lowest BCUT2D eigenvalue weighted by molar-refractivity contribution is -0.909. The van der Waals surface area contributed by atoms with E-state index in [0.717, 1.165) is 5.56 Å². The van der Waals surface area contributed by atoms with E-state index in [9.17, 15) is 40.6 Å². The van der Waals surface area contributed by atoms with Gasteiger partial charge in [0.1, 0.15) is 5.75 Å². The normalized spacial score (nSPS) is 15.2. The van der Waals surface area contributed by atoms with E-state index in [2.05, 4.69) is 15.4 Å². The van der Waals surface area contributed by atoms with Gasteiger partial charge in [0, 0.05) is 69.4 Å². The number of carboxylic acids is 1. The second-order valence-electron chi connectivity index (χ2n) is 16.0. The topological polar surface area (TPSA) is 235 Å². The van der Waals surface area contributed by atoms with Crippen LogP contribution in [0.1, 0.15) is 90.9 Å². The van der Waals surface area contributed by atoms with Crippen LogP contribution in [0.25, 0.3) is 5.57 Å². The predicted octanol–water partition coefficient (Wildman–Crippen LogP) is 4.86. The van der Waals surface area contributed by atoms with Crippen LogP contribution in [0.4, 0.5) is 0 Å². The minimum atomic E-state index is -4.14. The number of hydrogen-bond donors (Lipinski definition) is 5. The number of benzene rings is 2. The second kappa shape index (κ2) is 25.3. The van der Waals surface area contributed by atoms with Crippen LogP contribution in [0.2, 0.25) is 0 Å². The number of hydrogen-bond acceptors (Lipinski definition) is 10. The number of sulfonamides is 1. The van der Waals surface area contributed by atoms with E-state index in [0.29, 0.717) is 102 Å². The van der Waals surface area contributed by atoms with Crippen LogP contribution in [-0.2, 0) is 34.5 Å². The minimum Gasteiger partial charge on any atom is -0.481 e. The maximum Gasteiger partial charge on any atom is 0.344 e. The third kappa shape index (κ3) is 18.7. The zero-order valence-electron chi connectivity index (χ0n) is 37.1. The molecule has 1 aliphatic carbocycles. The second-order valence-corrected chi connectivity index (χ2v) is 19.5. The van der Waals surface area contributed by atoms with Crippen LogP contribution < -0.4 is 20.1 Å². The van der Waals surface area contributed by atoms with Crippen molar-refractivity contribution in [1.82, 2.24) is 15.4 Å². The third-order valence-electron chi connectivity index (χ3n) is 10.4. The summed E-state index contributed by atoms with van der Waals surface area (Å²) in [6, 6.07) is 10.7. The Morgan fingerprint density at radius 3 is 2.05 bits per heavy atom. The molecule has 1 atom stereocenters. The van der Waals surface area contributed by atoms with Crippen LogP contribution in [0.5, 0.6) is 5.75 Å². The van der Waals surface area contributed by atoms with E-state index in [-0.39, 0.29) is 67.5 Å². The molecule has 0 saturated carbocycles. The molecule has 0 aromatic heterocycles. The maximum absolute atomic E-state index is 14.3. The standard InChI is InChI=1S/C45H63N5O11S2/c1-6-22-49-62(56,57)29-14-25-46-39-19-10-9-18-38(39)42(37-17-8-7-16-33(37)2)45(55)61-43-34(3)31-36(32-35(43)4)44(54)48-24-13-27-50(5,28-15-30-63(58,59)60)26-12-23-47-40(51)20-11-21-41(52)53/h7-10,16-19,31-32,49H,6,11-15,20-30H2,1-5H3,(H3-,47,48,51,52,53,54,58,59,60)/p+1/b42-38+,46-39+. The van der Waals surface area contributed by atoms with Crippen molar-refractivity contribution in [2.75, 3.05) is 64.4 Å². The molecule has 2 aromatic rings. The van der Waals surface area contributed by atoms with Gasteiger partial charge < -0.3 is 25.0 Å². The first-order valence-corrected chi connectivity index (χ1v) is 24.6. The maximum atomic E-state index is 14.3. The van der Waals surface area contributed by atoms with Crippen LogP contribution in [0, 0.1) is 20.8 Å². The first kappa shape index (κ1) is 52.3. The summed E-state index contributed by atoms with van der Waals surface area (Å²) in [6.07, 6.45) is 9.73. The number of aliphatic imine (C=N–C) groups is 1. The van der Waals surface area contributed by atoms with Crippen LogP contribution >= 0.6 is 0 Å². The van der Waals surface area contributed by atoms with Crippen molar-refractivity contribution in [3.8, 4) is 5.75 Å². The molecule has 0 spiro atoms. The molecule has 2 amide bonds. The highest BCUT2D eigenvalue weighted by Gasteiger charge is 2.26. The lowest BCUT2D eigenvalue weighted by Crippen LogP contribution is -2.48. The number of carbonyl (C=O) groups excluding carboxylic acids is 3.